The number of methoxy groups -OCH3 is 1. The molecule has 1 N–H and O–H groups in total. The second-order valence-corrected chi connectivity index (χ2v) is 7.43. The number of ether oxygens (including phenoxy) is 2. The van der Waals surface area contributed by atoms with Gasteiger partial charge in [0, 0.05) is 19.5 Å². The SMILES string of the molecule is COc1ccc(CCNC(=O)C2CC(=O)N(c3ccccc3OC(C)C)C2)cc1. The van der Waals surface area contributed by atoms with Crippen LogP contribution in [0.15, 0.2) is 48.5 Å². The van der Waals surface area contributed by atoms with E-state index in [0.717, 1.165) is 23.4 Å². The van der Waals surface area contributed by atoms with Crippen molar-refractivity contribution in [2.45, 2.75) is 32.8 Å². The second kappa shape index (κ2) is 9.45. The Kier molecular flexibility index (Phi) is 6.75. The molecule has 1 unspecified atom stereocenters. The monoisotopic (exact) mass is 396 g/mol. The number of para-hydroxylation sites is 2. The molecule has 2 aromatic carbocycles. The van der Waals surface area contributed by atoms with Gasteiger partial charge in [-0.05, 0) is 50.1 Å². The fourth-order valence-corrected chi connectivity index (χ4v) is 3.42. The van der Waals surface area contributed by atoms with Crippen LogP contribution in [0, 0.1) is 5.92 Å². The maximum atomic E-state index is 12.6. The molecule has 0 bridgehead atoms. The topological polar surface area (TPSA) is 67.9 Å². The van der Waals surface area contributed by atoms with E-state index in [1.807, 2.05) is 62.4 Å². The zero-order valence-electron chi connectivity index (χ0n) is 17.2. The Morgan fingerprint density at radius 2 is 1.90 bits per heavy atom. The fraction of sp³-hybridized carbons (Fsp3) is 0.391. The molecular formula is C23H28N2O4. The van der Waals surface area contributed by atoms with Crippen molar-refractivity contribution in [2.75, 3.05) is 25.1 Å². The normalized spacial score (nSPS) is 16.2. The standard InChI is InChI=1S/C23H28N2O4/c1-16(2)29-21-7-5-4-6-20(21)25-15-18(14-22(25)26)23(27)24-13-12-17-8-10-19(28-3)11-9-17/h4-11,16,18H,12-15H2,1-3H3,(H,24,27). The molecule has 29 heavy (non-hydrogen) atoms. The van der Waals surface area contributed by atoms with Gasteiger partial charge >= 0.3 is 0 Å². The van der Waals surface area contributed by atoms with Crippen LogP contribution < -0.4 is 19.7 Å². The van der Waals surface area contributed by atoms with E-state index in [9.17, 15) is 9.59 Å². The van der Waals surface area contributed by atoms with Crippen LogP contribution in [0.25, 0.3) is 0 Å². The number of hydrogen-bond acceptors (Lipinski definition) is 4. The van der Waals surface area contributed by atoms with Gasteiger partial charge in [-0.1, -0.05) is 24.3 Å². The molecule has 2 amide bonds. The Morgan fingerprint density at radius 3 is 2.59 bits per heavy atom. The van der Waals surface area contributed by atoms with Crippen molar-refractivity contribution in [1.82, 2.24) is 5.32 Å². The molecule has 0 aromatic heterocycles. The summed E-state index contributed by atoms with van der Waals surface area (Å²) in [6.07, 6.45) is 0.946. The molecule has 1 aliphatic rings. The van der Waals surface area contributed by atoms with Crippen LogP contribution >= 0.6 is 0 Å². The Bertz CT molecular complexity index is 848. The summed E-state index contributed by atoms with van der Waals surface area (Å²) >= 11 is 0. The predicted molar refractivity (Wildman–Crippen MR) is 112 cm³/mol. The van der Waals surface area contributed by atoms with E-state index >= 15 is 0 Å². The molecule has 1 aliphatic heterocycles. The number of anilines is 1. The Balaban J connectivity index is 1.56. The first-order chi connectivity index (χ1) is 14.0. The minimum absolute atomic E-state index is 0.00547. The third-order valence-corrected chi connectivity index (χ3v) is 4.89. The van der Waals surface area contributed by atoms with E-state index in [1.54, 1.807) is 12.0 Å². The molecule has 6 heteroatoms. The van der Waals surface area contributed by atoms with Crippen LogP contribution in [0.5, 0.6) is 11.5 Å². The van der Waals surface area contributed by atoms with E-state index in [4.69, 9.17) is 9.47 Å². The largest absolute Gasteiger partial charge is 0.497 e. The lowest BCUT2D eigenvalue weighted by Gasteiger charge is -2.21. The number of carbonyl (C=O) groups is 2. The van der Waals surface area contributed by atoms with Crippen molar-refractivity contribution in [1.29, 1.82) is 0 Å². The quantitative estimate of drug-likeness (QED) is 0.744. The van der Waals surface area contributed by atoms with Crippen molar-refractivity contribution >= 4 is 17.5 Å². The Morgan fingerprint density at radius 1 is 1.17 bits per heavy atom. The summed E-state index contributed by atoms with van der Waals surface area (Å²) < 4.78 is 11.0. The summed E-state index contributed by atoms with van der Waals surface area (Å²) in [5, 5.41) is 2.96. The van der Waals surface area contributed by atoms with Gasteiger partial charge in [0.05, 0.1) is 24.8 Å². The average molecular weight is 396 g/mol. The van der Waals surface area contributed by atoms with Gasteiger partial charge in [-0.15, -0.1) is 0 Å². The molecule has 3 rings (SSSR count). The van der Waals surface area contributed by atoms with Crippen LogP contribution in [-0.2, 0) is 16.0 Å². The molecule has 154 valence electrons. The zero-order valence-corrected chi connectivity index (χ0v) is 17.2. The maximum absolute atomic E-state index is 12.6. The average Bonchev–Trinajstić information content (AvgIpc) is 3.10. The molecule has 0 radical (unpaired) electrons. The molecule has 1 saturated heterocycles. The van der Waals surface area contributed by atoms with E-state index < -0.39 is 0 Å². The van der Waals surface area contributed by atoms with Gasteiger partial charge in [-0.3, -0.25) is 9.59 Å². The molecule has 1 heterocycles. The lowest BCUT2D eigenvalue weighted by atomic mass is 10.1. The number of rotatable bonds is 8. The first kappa shape index (κ1) is 20.7. The van der Waals surface area contributed by atoms with Crippen molar-refractivity contribution in [2.24, 2.45) is 5.92 Å². The van der Waals surface area contributed by atoms with Crippen molar-refractivity contribution in [3.8, 4) is 11.5 Å². The predicted octanol–water partition coefficient (Wildman–Crippen LogP) is 3.19. The highest BCUT2D eigenvalue weighted by atomic mass is 16.5. The molecule has 0 spiro atoms. The molecule has 0 aliphatic carbocycles. The maximum Gasteiger partial charge on any atom is 0.227 e. The third-order valence-electron chi connectivity index (χ3n) is 4.89. The highest BCUT2D eigenvalue weighted by Crippen LogP contribution is 2.33. The number of nitrogens with zero attached hydrogens (tertiary/aromatic N) is 1. The molecule has 1 atom stereocenters. The van der Waals surface area contributed by atoms with Gasteiger partial charge in [-0.2, -0.15) is 0 Å². The van der Waals surface area contributed by atoms with E-state index in [-0.39, 0.29) is 30.3 Å². The van der Waals surface area contributed by atoms with Crippen molar-refractivity contribution in [3.63, 3.8) is 0 Å². The highest BCUT2D eigenvalue weighted by Gasteiger charge is 2.36. The van der Waals surface area contributed by atoms with Gasteiger partial charge < -0.3 is 19.7 Å². The summed E-state index contributed by atoms with van der Waals surface area (Å²) in [6.45, 7) is 4.79. The highest BCUT2D eigenvalue weighted by molar-refractivity contribution is 6.01. The van der Waals surface area contributed by atoms with Crippen LogP contribution in [0.2, 0.25) is 0 Å². The van der Waals surface area contributed by atoms with Gasteiger partial charge in [-0.25, -0.2) is 0 Å². The first-order valence-electron chi connectivity index (χ1n) is 9.94. The van der Waals surface area contributed by atoms with Crippen molar-refractivity contribution in [3.05, 3.63) is 54.1 Å². The van der Waals surface area contributed by atoms with E-state index in [2.05, 4.69) is 5.32 Å². The van der Waals surface area contributed by atoms with Crippen LogP contribution in [0.3, 0.4) is 0 Å². The second-order valence-electron chi connectivity index (χ2n) is 7.43. The fourth-order valence-electron chi connectivity index (χ4n) is 3.42. The lowest BCUT2D eigenvalue weighted by Crippen LogP contribution is -2.34. The van der Waals surface area contributed by atoms with Crippen LogP contribution in [-0.4, -0.2) is 38.1 Å². The molecule has 6 nitrogen and oxygen atoms in total. The summed E-state index contributed by atoms with van der Waals surface area (Å²) in [6, 6.07) is 15.2. The molecular weight excluding hydrogens is 368 g/mol. The summed E-state index contributed by atoms with van der Waals surface area (Å²) in [7, 11) is 1.63. The molecule has 1 fully saturated rings. The molecule has 2 aromatic rings. The zero-order chi connectivity index (χ0) is 20.8. The minimum atomic E-state index is -0.356. The van der Waals surface area contributed by atoms with Crippen molar-refractivity contribution < 1.29 is 19.1 Å². The van der Waals surface area contributed by atoms with E-state index in [1.165, 1.54) is 0 Å². The number of hydrogen-bond donors (Lipinski definition) is 1. The Hall–Kier alpha value is -3.02. The number of amides is 2. The molecule has 0 saturated carbocycles. The lowest BCUT2D eigenvalue weighted by molar-refractivity contribution is -0.126. The van der Waals surface area contributed by atoms with Gasteiger partial charge in [0.25, 0.3) is 0 Å². The van der Waals surface area contributed by atoms with Gasteiger partial charge in [0.15, 0.2) is 0 Å². The summed E-state index contributed by atoms with van der Waals surface area (Å²) in [5.41, 5.74) is 1.84. The smallest absolute Gasteiger partial charge is 0.227 e. The minimum Gasteiger partial charge on any atom is -0.497 e. The third kappa shape index (κ3) is 5.28. The summed E-state index contributed by atoms with van der Waals surface area (Å²) in [5.74, 6) is 0.975. The summed E-state index contributed by atoms with van der Waals surface area (Å²) in [4.78, 5) is 26.8. The number of nitrogens with one attached hydrogen (secondary N) is 1. The van der Waals surface area contributed by atoms with Crippen LogP contribution in [0.1, 0.15) is 25.8 Å². The van der Waals surface area contributed by atoms with Crippen LogP contribution in [0.4, 0.5) is 5.69 Å². The van der Waals surface area contributed by atoms with Gasteiger partial charge in [0.2, 0.25) is 11.8 Å². The number of benzene rings is 2. The number of carbonyl (C=O) groups excluding carboxylic acids is 2. The van der Waals surface area contributed by atoms with Gasteiger partial charge in [0.1, 0.15) is 11.5 Å². The Labute approximate surface area is 171 Å². The first-order valence-corrected chi connectivity index (χ1v) is 9.94. The van der Waals surface area contributed by atoms with E-state index in [0.29, 0.717) is 18.8 Å².